The molecule has 0 aliphatic carbocycles. The zero-order valence-corrected chi connectivity index (χ0v) is 16.2. The standard InChI is InChI=1S/C19H22N6O.ClH/c1-13(2)20-17-23-18(21-14-7-5-4-6-8-14)25-19(24-17)22-15-9-11-16(26-3)12-10-15;/h4-13H,1-3H3,(H3,20,21,22,23,24,25);1H. The van der Waals surface area contributed by atoms with Crippen molar-refractivity contribution in [3.05, 3.63) is 54.6 Å². The molecule has 3 N–H and O–H groups in total. The summed E-state index contributed by atoms with van der Waals surface area (Å²) in [6.07, 6.45) is 0. The highest BCUT2D eigenvalue weighted by Gasteiger charge is 2.08. The second-order valence-corrected chi connectivity index (χ2v) is 5.95. The fourth-order valence-corrected chi connectivity index (χ4v) is 2.26. The van der Waals surface area contributed by atoms with Gasteiger partial charge in [-0.05, 0) is 50.2 Å². The highest BCUT2D eigenvalue weighted by atomic mass is 35.5. The van der Waals surface area contributed by atoms with Crippen LogP contribution < -0.4 is 20.7 Å². The second kappa shape index (κ2) is 9.59. The van der Waals surface area contributed by atoms with Crippen molar-refractivity contribution in [2.24, 2.45) is 0 Å². The van der Waals surface area contributed by atoms with E-state index in [4.69, 9.17) is 4.74 Å². The zero-order chi connectivity index (χ0) is 18.4. The summed E-state index contributed by atoms with van der Waals surface area (Å²) in [5, 5.41) is 9.61. The van der Waals surface area contributed by atoms with Gasteiger partial charge in [0, 0.05) is 17.4 Å². The van der Waals surface area contributed by atoms with E-state index in [2.05, 4.69) is 30.9 Å². The maximum Gasteiger partial charge on any atom is 0.233 e. The maximum absolute atomic E-state index is 5.18. The number of methoxy groups -OCH3 is 1. The summed E-state index contributed by atoms with van der Waals surface area (Å²) in [5.41, 5.74) is 1.77. The number of ether oxygens (including phenoxy) is 1. The first kappa shape index (κ1) is 20.3. The van der Waals surface area contributed by atoms with E-state index in [1.807, 2.05) is 68.4 Å². The Morgan fingerprint density at radius 2 is 1.26 bits per heavy atom. The quantitative estimate of drug-likeness (QED) is 0.546. The molecular formula is C19H23ClN6O. The van der Waals surface area contributed by atoms with Crippen LogP contribution in [0.4, 0.5) is 29.2 Å². The molecule has 0 unspecified atom stereocenters. The second-order valence-electron chi connectivity index (χ2n) is 5.95. The van der Waals surface area contributed by atoms with Gasteiger partial charge in [-0.1, -0.05) is 18.2 Å². The average molecular weight is 387 g/mol. The number of rotatable bonds is 7. The Kier molecular flexibility index (Phi) is 7.19. The monoisotopic (exact) mass is 386 g/mol. The van der Waals surface area contributed by atoms with Gasteiger partial charge in [-0.15, -0.1) is 12.4 Å². The smallest absolute Gasteiger partial charge is 0.233 e. The third-order valence-electron chi connectivity index (χ3n) is 3.43. The first-order valence-electron chi connectivity index (χ1n) is 8.38. The first-order valence-corrected chi connectivity index (χ1v) is 8.38. The van der Waals surface area contributed by atoms with Crippen LogP contribution in [-0.2, 0) is 0 Å². The molecule has 1 heterocycles. The number of para-hydroxylation sites is 1. The van der Waals surface area contributed by atoms with Crippen molar-refractivity contribution in [3.63, 3.8) is 0 Å². The molecule has 3 aromatic rings. The van der Waals surface area contributed by atoms with Gasteiger partial charge in [-0.3, -0.25) is 0 Å². The van der Waals surface area contributed by atoms with Gasteiger partial charge >= 0.3 is 0 Å². The molecule has 0 fully saturated rings. The molecule has 0 saturated heterocycles. The van der Waals surface area contributed by atoms with Crippen molar-refractivity contribution in [3.8, 4) is 5.75 Å². The topological polar surface area (TPSA) is 84.0 Å². The van der Waals surface area contributed by atoms with Crippen molar-refractivity contribution in [2.45, 2.75) is 19.9 Å². The summed E-state index contributed by atoms with van der Waals surface area (Å²) in [6.45, 7) is 4.06. The number of benzene rings is 2. The van der Waals surface area contributed by atoms with Gasteiger partial charge in [0.25, 0.3) is 0 Å². The predicted octanol–water partition coefficient (Wildman–Crippen LogP) is 4.61. The van der Waals surface area contributed by atoms with Crippen molar-refractivity contribution >= 4 is 41.6 Å². The molecule has 0 spiro atoms. The summed E-state index contributed by atoms with van der Waals surface area (Å²) in [4.78, 5) is 13.3. The van der Waals surface area contributed by atoms with Crippen molar-refractivity contribution < 1.29 is 4.74 Å². The van der Waals surface area contributed by atoms with E-state index < -0.39 is 0 Å². The minimum absolute atomic E-state index is 0. The molecule has 7 nitrogen and oxygen atoms in total. The van der Waals surface area contributed by atoms with E-state index in [9.17, 15) is 0 Å². The van der Waals surface area contributed by atoms with Crippen LogP contribution in [0.3, 0.4) is 0 Å². The summed E-state index contributed by atoms with van der Waals surface area (Å²) in [7, 11) is 1.64. The number of aromatic nitrogens is 3. The SMILES string of the molecule is COc1ccc(Nc2nc(Nc3ccccc3)nc(NC(C)C)n2)cc1.Cl. The average Bonchev–Trinajstić information content (AvgIpc) is 2.62. The molecule has 2 aromatic carbocycles. The van der Waals surface area contributed by atoms with Gasteiger partial charge in [-0.2, -0.15) is 15.0 Å². The Morgan fingerprint density at radius 1 is 0.741 bits per heavy atom. The minimum atomic E-state index is 0. The summed E-state index contributed by atoms with van der Waals surface area (Å²) < 4.78 is 5.18. The number of halogens is 1. The van der Waals surface area contributed by atoms with Crippen LogP contribution in [0.2, 0.25) is 0 Å². The largest absolute Gasteiger partial charge is 0.497 e. The van der Waals surface area contributed by atoms with E-state index in [-0.39, 0.29) is 18.4 Å². The zero-order valence-electron chi connectivity index (χ0n) is 15.4. The van der Waals surface area contributed by atoms with Crippen LogP contribution in [0.5, 0.6) is 5.75 Å². The molecule has 27 heavy (non-hydrogen) atoms. The fraction of sp³-hybridized carbons (Fsp3) is 0.211. The lowest BCUT2D eigenvalue weighted by Gasteiger charge is -2.13. The molecule has 8 heteroatoms. The number of anilines is 5. The maximum atomic E-state index is 5.18. The Hall–Kier alpha value is -3.06. The summed E-state index contributed by atoms with van der Waals surface area (Å²) in [6, 6.07) is 17.5. The van der Waals surface area contributed by atoms with Crippen LogP contribution in [-0.4, -0.2) is 28.1 Å². The van der Waals surface area contributed by atoms with Gasteiger partial charge in [0.15, 0.2) is 0 Å². The summed E-state index contributed by atoms with van der Waals surface area (Å²) >= 11 is 0. The molecule has 0 atom stereocenters. The number of nitrogens with one attached hydrogen (secondary N) is 3. The number of hydrogen-bond acceptors (Lipinski definition) is 7. The van der Waals surface area contributed by atoms with Crippen LogP contribution in [0.15, 0.2) is 54.6 Å². The van der Waals surface area contributed by atoms with Gasteiger partial charge in [-0.25, -0.2) is 0 Å². The van der Waals surface area contributed by atoms with E-state index in [0.717, 1.165) is 17.1 Å². The predicted molar refractivity (Wildman–Crippen MR) is 112 cm³/mol. The number of nitrogens with zero attached hydrogens (tertiary/aromatic N) is 3. The van der Waals surface area contributed by atoms with Gasteiger partial charge in [0.1, 0.15) is 5.75 Å². The molecule has 3 rings (SSSR count). The highest BCUT2D eigenvalue weighted by Crippen LogP contribution is 2.20. The number of hydrogen-bond donors (Lipinski definition) is 3. The van der Waals surface area contributed by atoms with E-state index in [1.54, 1.807) is 7.11 Å². The van der Waals surface area contributed by atoms with Gasteiger partial charge < -0.3 is 20.7 Å². The van der Waals surface area contributed by atoms with Crippen LogP contribution in [0, 0.1) is 0 Å². The van der Waals surface area contributed by atoms with Crippen LogP contribution >= 0.6 is 12.4 Å². The van der Waals surface area contributed by atoms with Gasteiger partial charge in [0.2, 0.25) is 17.8 Å². The molecule has 0 saturated carbocycles. The Balaban J connectivity index is 0.00000261. The van der Waals surface area contributed by atoms with Crippen molar-refractivity contribution in [1.29, 1.82) is 0 Å². The molecule has 0 amide bonds. The Morgan fingerprint density at radius 3 is 1.78 bits per heavy atom. The molecule has 0 bridgehead atoms. The van der Waals surface area contributed by atoms with E-state index in [1.165, 1.54) is 0 Å². The third kappa shape index (κ3) is 6.00. The molecular weight excluding hydrogens is 364 g/mol. The first-order chi connectivity index (χ1) is 12.6. The molecule has 0 aliphatic rings. The third-order valence-corrected chi connectivity index (χ3v) is 3.43. The molecule has 0 aliphatic heterocycles. The molecule has 142 valence electrons. The normalized spacial score (nSPS) is 10.1. The highest BCUT2D eigenvalue weighted by molar-refractivity contribution is 5.85. The Bertz CT molecular complexity index is 843. The van der Waals surface area contributed by atoms with Crippen molar-refractivity contribution in [1.82, 2.24) is 15.0 Å². The van der Waals surface area contributed by atoms with Gasteiger partial charge in [0.05, 0.1) is 7.11 Å². The summed E-state index contributed by atoms with van der Waals surface area (Å²) in [5.74, 6) is 2.21. The van der Waals surface area contributed by atoms with E-state index in [0.29, 0.717) is 17.8 Å². The lowest BCUT2D eigenvalue weighted by atomic mass is 10.3. The van der Waals surface area contributed by atoms with E-state index >= 15 is 0 Å². The lowest BCUT2D eigenvalue weighted by Crippen LogP contribution is -2.15. The van der Waals surface area contributed by atoms with Crippen LogP contribution in [0.25, 0.3) is 0 Å². The van der Waals surface area contributed by atoms with Crippen molar-refractivity contribution in [2.75, 3.05) is 23.1 Å². The molecule has 0 radical (unpaired) electrons. The van der Waals surface area contributed by atoms with Crippen LogP contribution in [0.1, 0.15) is 13.8 Å². The minimum Gasteiger partial charge on any atom is -0.497 e. The lowest BCUT2D eigenvalue weighted by molar-refractivity contribution is 0.415. The molecule has 1 aromatic heterocycles. The Labute approximate surface area is 165 Å². The fourth-order valence-electron chi connectivity index (χ4n) is 2.26.